The Hall–Kier alpha value is -2.04. The lowest BCUT2D eigenvalue weighted by atomic mass is 9.87. The molecular weight excluding hydrogens is 316 g/mol. The largest absolute Gasteiger partial charge is 0.493 e. The van der Waals surface area contributed by atoms with Crippen LogP contribution >= 0.6 is 0 Å². The molecule has 0 atom stereocenters. The molecule has 2 rings (SSSR count). The van der Waals surface area contributed by atoms with Gasteiger partial charge < -0.3 is 15.4 Å². The van der Waals surface area contributed by atoms with Gasteiger partial charge >= 0.3 is 0 Å². The molecule has 2 N–H and O–H groups in total. The van der Waals surface area contributed by atoms with Crippen molar-refractivity contribution in [1.82, 2.24) is 10.6 Å². The quantitative estimate of drug-likeness (QED) is 0.710. The number of hydrogen-bond donors (Lipinski definition) is 2. The van der Waals surface area contributed by atoms with Crippen molar-refractivity contribution in [3.05, 3.63) is 29.8 Å². The van der Waals surface area contributed by atoms with Crippen molar-refractivity contribution in [1.29, 1.82) is 0 Å². The summed E-state index contributed by atoms with van der Waals surface area (Å²) in [7, 11) is 0. The van der Waals surface area contributed by atoms with Gasteiger partial charge in [0.05, 0.1) is 12.2 Å². The van der Waals surface area contributed by atoms with Crippen LogP contribution in [0.25, 0.3) is 0 Å². The average Bonchev–Trinajstić information content (AvgIpc) is 2.61. The molecule has 1 aromatic rings. The average molecular weight is 346 g/mol. The molecule has 1 aliphatic carbocycles. The number of benzene rings is 1. The summed E-state index contributed by atoms with van der Waals surface area (Å²) in [6.07, 6.45) is 5.63. The fraction of sp³-hybridized carbons (Fsp3) is 0.600. The Morgan fingerprint density at radius 2 is 1.88 bits per heavy atom. The van der Waals surface area contributed by atoms with Crippen LogP contribution in [-0.2, 0) is 4.79 Å². The standard InChI is InChI=1S/C20H30N2O3/c1-3-25-18-8-5-4-7-17(18)20(24)21-14-6-9-19(23)22-16-12-10-15(2)11-13-16/h4-5,7-8,15-16H,3,6,9-14H2,1-2H3,(H,21,24)(H,22,23). The molecule has 1 fully saturated rings. The third-order valence-electron chi connectivity index (χ3n) is 4.68. The zero-order valence-electron chi connectivity index (χ0n) is 15.3. The molecule has 1 aliphatic rings. The van der Waals surface area contributed by atoms with Crippen LogP contribution < -0.4 is 15.4 Å². The van der Waals surface area contributed by atoms with Gasteiger partial charge in [-0.05, 0) is 57.1 Å². The molecule has 5 heteroatoms. The number of amides is 2. The van der Waals surface area contributed by atoms with Crippen molar-refractivity contribution in [2.24, 2.45) is 5.92 Å². The summed E-state index contributed by atoms with van der Waals surface area (Å²) in [5, 5.41) is 5.98. The van der Waals surface area contributed by atoms with Gasteiger partial charge in [0.25, 0.3) is 5.91 Å². The molecule has 0 bridgehead atoms. The highest BCUT2D eigenvalue weighted by atomic mass is 16.5. The lowest BCUT2D eigenvalue weighted by Crippen LogP contribution is -2.37. The van der Waals surface area contributed by atoms with Crippen molar-refractivity contribution in [2.45, 2.75) is 58.4 Å². The molecule has 5 nitrogen and oxygen atoms in total. The van der Waals surface area contributed by atoms with Crippen LogP contribution in [0.3, 0.4) is 0 Å². The number of ether oxygens (including phenoxy) is 1. The van der Waals surface area contributed by atoms with Gasteiger partial charge in [-0.25, -0.2) is 0 Å². The summed E-state index contributed by atoms with van der Waals surface area (Å²) in [4.78, 5) is 24.2. The summed E-state index contributed by atoms with van der Waals surface area (Å²) in [6.45, 7) is 5.16. The second-order valence-corrected chi connectivity index (χ2v) is 6.81. The van der Waals surface area contributed by atoms with E-state index in [9.17, 15) is 9.59 Å². The second kappa shape index (κ2) is 10.1. The predicted octanol–water partition coefficient (Wildman–Crippen LogP) is 3.29. The Morgan fingerprint density at radius 1 is 1.16 bits per heavy atom. The molecule has 0 radical (unpaired) electrons. The van der Waals surface area contributed by atoms with E-state index in [1.807, 2.05) is 19.1 Å². The number of nitrogens with one attached hydrogen (secondary N) is 2. The van der Waals surface area contributed by atoms with Crippen molar-refractivity contribution >= 4 is 11.8 Å². The lowest BCUT2D eigenvalue weighted by Gasteiger charge is -2.26. The van der Waals surface area contributed by atoms with E-state index in [2.05, 4.69) is 17.6 Å². The van der Waals surface area contributed by atoms with Gasteiger partial charge in [-0.2, -0.15) is 0 Å². The van der Waals surface area contributed by atoms with E-state index in [0.717, 1.165) is 18.8 Å². The summed E-state index contributed by atoms with van der Waals surface area (Å²) in [5.74, 6) is 1.30. The highest BCUT2D eigenvalue weighted by molar-refractivity contribution is 5.96. The second-order valence-electron chi connectivity index (χ2n) is 6.81. The number of para-hydroxylation sites is 1. The minimum absolute atomic E-state index is 0.0866. The smallest absolute Gasteiger partial charge is 0.255 e. The SMILES string of the molecule is CCOc1ccccc1C(=O)NCCCC(=O)NC1CCC(C)CC1. The Morgan fingerprint density at radius 3 is 2.60 bits per heavy atom. The normalized spacial score (nSPS) is 19.9. The van der Waals surface area contributed by atoms with Crippen LogP contribution in [0.5, 0.6) is 5.75 Å². The summed E-state index contributed by atoms with van der Waals surface area (Å²) in [6, 6.07) is 7.53. The van der Waals surface area contributed by atoms with Gasteiger partial charge in [0.15, 0.2) is 0 Å². The summed E-state index contributed by atoms with van der Waals surface area (Å²) >= 11 is 0. The van der Waals surface area contributed by atoms with E-state index in [0.29, 0.717) is 43.3 Å². The number of carbonyl (C=O) groups is 2. The van der Waals surface area contributed by atoms with Crippen molar-refractivity contribution in [3.63, 3.8) is 0 Å². The van der Waals surface area contributed by atoms with Crippen molar-refractivity contribution < 1.29 is 14.3 Å². The first kappa shape index (κ1) is 19.3. The van der Waals surface area contributed by atoms with E-state index in [1.54, 1.807) is 12.1 Å². The first-order chi connectivity index (χ1) is 12.1. The number of carbonyl (C=O) groups excluding carboxylic acids is 2. The monoisotopic (exact) mass is 346 g/mol. The van der Waals surface area contributed by atoms with Gasteiger partial charge in [-0.15, -0.1) is 0 Å². The first-order valence-electron chi connectivity index (χ1n) is 9.39. The molecule has 0 unspecified atom stereocenters. The zero-order valence-corrected chi connectivity index (χ0v) is 15.3. The fourth-order valence-corrected chi connectivity index (χ4v) is 3.19. The molecule has 25 heavy (non-hydrogen) atoms. The van der Waals surface area contributed by atoms with E-state index in [-0.39, 0.29) is 11.8 Å². The molecule has 138 valence electrons. The topological polar surface area (TPSA) is 67.4 Å². The Bertz CT molecular complexity index is 566. The minimum atomic E-state index is -0.161. The molecular formula is C20H30N2O3. The first-order valence-corrected chi connectivity index (χ1v) is 9.39. The van der Waals surface area contributed by atoms with Gasteiger partial charge in [0, 0.05) is 19.0 Å². The Balaban J connectivity index is 1.67. The zero-order chi connectivity index (χ0) is 18.1. The predicted molar refractivity (Wildman–Crippen MR) is 98.7 cm³/mol. The van der Waals surface area contributed by atoms with E-state index in [1.165, 1.54) is 12.8 Å². The van der Waals surface area contributed by atoms with Gasteiger partial charge in [-0.1, -0.05) is 19.1 Å². The molecule has 2 amide bonds. The Labute approximate surface area is 150 Å². The highest BCUT2D eigenvalue weighted by Crippen LogP contribution is 2.23. The van der Waals surface area contributed by atoms with E-state index < -0.39 is 0 Å². The van der Waals surface area contributed by atoms with Gasteiger partial charge in [-0.3, -0.25) is 9.59 Å². The Kier molecular flexibility index (Phi) is 7.76. The van der Waals surface area contributed by atoms with Gasteiger partial charge in [0.2, 0.25) is 5.91 Å². The van der Waals surface area contributed by atoms with Crippen LogP contribution in [0.15, 0.2) is 24.3 Å². The summed E-state index contributed by atoms with van der Waals surface area (Å²) < 4.78 is 5.47. The molecule has 0 aliphatic heterocycles. The maximum Gasteiger partial charge on any atom is 0.255 e. The van der Waals surface area contributed by atoms with Crippen molar-refractivity contribution in [3.8, 4) is 5.75 Å². The molecule has 1 aromatic carbocycles. The third-order valence-corrected chi connectivity index (χ3v) is 4.68. The van der Waals surface area contributed by atoms with E-state index >= 15 is 0 Å². The third kappa shape index (κ3) is 6.40. The maximum atomic E-state index is 12.2. The number of rotatable bonds is 8. The fourth-order valence-electron chi connectivity index (χ4n) is 3.19. The molecule has 0 aromatic heterocycles. The van der Waals surface area contributed by atoms with Crippen LogP contribution in [0, 0.1) is 5.92 Å². The van der Waals surface area contributed by atoms with Crippen LogP contribution in [0.2, 0.25) is 0 Å². The minimum Gasteiger partial charge on any atom is -0.493 e. The van der Waals surface area contributed by atoms with Gasteiger partial charge in [0.1, 0.15) is 5.75 Å². The lowest BCUT2D eigenvalue weighted by molar-refractivity contribution is -0.122. The van der Waals surface area contributed by atoms with Crippen LogP contribution in [0.1, 0.15) is 62.7 Å². The van der Waals surface area contributed by atoms with Crippen molar-refractivity contribution in [2.75, 3.05) is 13.2 Å². The maximum absolute atomic E-state index is 12.2. The summed E-state index contributed by atoms with van der Waals surface area (Å²) in [5.41, 5.74) is 0.533. The molecule has 0 spiro atoms. The van der Waals surface area contributed by atoms with Crippen LogP contribution in [0.4, 0.5) is 0 Å². The number of hydrogen-bond acceptors (Lipinski definition) is 3. The molecule has 0 saturated heterocycles. The molecule has 1 saturated carbocycles. The highest BCUT2D eigenvalue weighted by Gasteiger charge is 2.19. The molecule has 0 heterocycles. The van der Waals surface area contributed by atoms with E-state index in [4.69, 9.17) is 4.74 Å². The van der Waals surface area contributed by atoms with Crippen LogP contribution in [-0.4, -0.2) is 31.0 Å².